The van der Waals surface area contributed by atoms with Gasteiger partial charge in [0.1, 0.15) is 0 Å². The van der Waals surface area contributed by atoms with Crippen LogP contribution in [0.2, 0.25) is 5.02 Å². The summed E-state index contributed by atoms with van der Waals surface area (Å²) < 4.78 is 0. The van der Waals surface area contributed by atoms with Crippen molar-refractivity contribution in [2.75, 3.05) is 20.1 Å². The van der Waals surface area contributed by atoms with Gasteiger partial charge in [-0.1, -0.05) is 48.0 Å². The highest BCUT2D eigenvalue weighted by atomic mass is 35.5. The first-order valence-electron chi connectivity index (χ1n) is 10.8. The first kappa shape index (κ1) is 22.0. The Morgan fingerprint density at radius 2 is 1.62 bits per heavy atom. The lowest BCUT2D eigenvalue weighted by Crippen LogP contribution is -2.44. The molecular formula is C26H26ClN3O2. The molecular weight excluding hydrogens is 422 g/mol. The van der Waals surface area contributed by atoms with Crippen LogP contribution >= 0.6 is 11.6 Å². The summed E-state index contributed by atoms with van der Waals surface area (Å²) in [6.45, 7) is 1.12. The van der Waals surface area contributed by atoms with E-state index in [2.05, 4.69) is 4.98 Å². The van der Waals surface area contributed by atoms with Gasteiger partial charge < -0.3 is 9.80 Å². The van der Waals surface area contributed by atoms with Crippen LogP contribution in [-0.4, -0.2) is 46.7 Å². The van der Waals surface area contributed by atoms with E-state index in [-0.39, 0.29) is 23.8 Å². The molecule has 0 spiro atoms. The monoisotopic (exact) mass is 447 g/mol. The van der Waals surface area contributed by atoms with Gasteiger partial charge in [-0.25, -0.2) is 0 Å². The Labute approximate surface area is 193 Å². The minimum absolute atomic E-state index is 0.0171. The van der Waals surface area contributed by atoms with Crippen molar-refractivity contribution in [1.29, 1.82) is 0 Å². The number of carbonyl (C=O) groups is 2. The molecule has 6 heteroatoms. The topological polar surface area (TPSA) is 53.5 Å². The van der Waals surface area contributed by atoms with Gasteiger partial charge in [0.2, 0.25) is 5.91 Å². The van der Waals surface area contributed by atoms with Crippen molar-refractivity contribution in [3.8, 4) is 0 Å². The van der Waals surface area contributed by atoms with Gasteiger partial charge in [-0.3, -0.25) is 14.6 Å². The minimum Gasteiger partial charge on any atom is -0.339 e. The fourth-order valence-electron chi connectivity index (χ4n) is 4.29. The molecule has 3 aromatic rings. The molecule has 1 aliphatic rings. The highest BCUT2D eigenvalue weighted by Gasteiger charge is 2.33. The van der Waals surface area contributed by atoms with E-state index in [1.165, 1.54) is 0 Å². The molecule has 1 fully saturated rings. The number of carbonyl (C=O) groups excluding carboxylic acids is 2. The van der Waals surface area contributed by atoms with E-state index in [9.17, 15) is 9.59 Å². The normalized spacial score (nSPS) is 15.2. The van der Waals surface area contributed by atoms with Gasteiger partial charge in [-0.2, -0.15) is 0 Å². The van der Waals surface area contributed by atoms with Crippen LogP contribution in [0.4, 0.5) is 0 Å². The molecule has 0 bridgehead atoms. The third-order valence-corrected chi connectivity index (χ3v) is 6.29. The van der Waals surface area contributed by atoms with E-state index in [4.69, 9.17) is 11.6 Å². The number of benzene rings is 2. The fourth-order valence-corrected chi connectivity index (χ4v) is 4.41. The van der Waals surface area contributed by atoms with Crippen LogP contribution < -0.4 is 0 Å². The Morgan fingerprint density at radius 1 is 0.969 bits per heavy atom. The van der Waals surface area contributed by atoms with Crippen molar-refractivity contribution >= 4 is 23.4 Å². The van der Waals surface area contributed by atoms with Crippen LogP contribution in [0.3, 0.4) is 0 Å². The van der Waals surface area contributed by atoms with E-state index in [0.29, 0.717) is 36.5 Å². The average Bonchev–Trinajstić information content (AvgIpc) is 2.85. The predicted octanol–water partition coefficient (Wildman–Crippen LogP) is 4.84. The summed E-state index contributed by atoms with van der Waals surface area (Å²) in [5.74, 6) is -0.0520. The zero-order valence-electron chi connectivity index (χ0n) is 18.0. The molecule has 2 heterocycles. The SMILES string of the molecule is CN(C(=O)C1CCN(C(=O)c2ccc(Cl)cc2)CC1)[C@H](c1ccccc1)c1ccccn1. The molecule has 1 atom stereocenters. The third kappa shape index (κ3) is 4.83. The Kier molecular flexibility index (Phi) is 6.86. The molecule has 32 heavy (non-hydrogen) atoms. The Hall–Kier alpha value is -3.18. The number of nitrogens with zero attached hydrogens (tertiary/aromatic N) is 3. The first-order chi connectivity index (χ1) is 15.5. The number of rotatable bonds is 5. The van der Waals surface area contributed by atoms with Gasteiger partial charge in [0.25, 0.3) is 5.91 Å². The lowest BCUT2D eigenvalue weighted by atomic mass is 9.93. The van der Waals surface area contributed by atoms with Gasteiger partial charge in [0.05, 0.1) is 11.7 Å². The fraction of sp³-hybridized carbons (Fsp3) is 0.269. The van der Waals surface area contributed by atoms with Crippen LogP contribution in [0.1, 0.15) is 40.5 Å². The highest BCUT2D eigenvalue weighted by Crippen LogP contribution is 2.30. The molecule has 164 valence electrons. The first-order valence-corrected chi connectivity index (χ1v) is 11.2. The predicted molar refractivity (Wildman–Crippen MR) is 125 cm³/mol. The second kappa shape index (κ2) is 9.96. The maximum Gasteiger partial charge on any atom is 0.253 e. The Bertz CT molecular complexity index is 1010. The molecule has 0 aliphatic carbocycles. The van der Waals surface area contributed by atoms with E-state index < -0.39 is 0 Å². The summed E-state index contributed by atoms with van der Waals surface area (Å²) in [5.41, 5.74) is 2.48. The molecule has 0 N–H and O–H groups in total. The van der Waals surface area contributed by atoms with Crippen molar-refractivity contribution < 1.29 is 9.59 Å². The Morgan fingerprint density at radius 3 is 2.25 bits per heavy atom. The third-order valence-electron chi connectivity index (χ3n) is 6.04. The molecule has 2 amide bonds. The number of piperidine rings is 1. The lowest BCUT2D eigenvalue weighted by molar-refractivity contribution is -0.137. The molecule has 1 aliphatic heterocycles. The second-order valence-electron chi connectivity index (χ2n) is 8.09. The zero-order valence-corrected chi connectivity index (χ0v) is 18.8. The number of aromatic nitrogens is 1. The van der Waals surface area contributed by atoms with E-state index in [0.717, 1.165) is 11.3 Å². The number of pyridine rings is 1. The molecule has 5 nitrogen and oxygen atoms in total. The van der Waals surface area contributed by atoms with Crippen LogP contribution in [0.5, 0.6) is 0 Å². The quantitative estimate of drug-likeness (QED) is 0.562. The smallest absolute Gasteiger partial charge is 0.253 e. The maximum atomic E-state index is 13.5. The lowest BCUT2D eigenvalue weighted by Gasteiger charge is -2.36. The molecule has 0 saturated carbocycles. The second-order valence-corrected chi connectivity index (χ2v) is 8.53. The standard InChI is InChI=1S/C26H26ClN3O2/c1-29(24(19-7-3-2-4-8-19)23-9-5-6-16-28-23)25(31)21-14-17-30(18-15-21)26(32)20-10-12-22(27)13-11-20/h2-13,16,21,24H,14-15,17-18H2,1H3/t24-/m1/s1. The summed E-state index contributed by atoms with van der Waals surface area (Å²) in [6.07, 6.45) is 3.04. The Balaban J connectivity index is 1.45. The minimum atomic E-state index is -0.251. The average molecular weight is 448 g/mol. The van der Waals surface area contributed by atoms with Gasteiger partial charge in [0.15, 0.2) is 0 Å². The van der Waals surface area contributed by atoms with Crippen LogP contribution in [0.25, 0.3) is 0 Å². The maximum absolute atomic E-state index is 13.5. The summed E-state index contributed by atoms with van der Waals surface area (Å²) in [6, 6.07) is 22.4. The molecule has 4 rings (SSSR count). The van der Waals surface area contributed by atoms with Crippen molar-refractivity contribution in [1.82, 2.24) is 14.8 Å². The van der Waals surface area contributed by atoms with Crippen LogP contribution in [0.15, 0.2) is 79.0 Å². The van der Waals surface area contributed by atoms with Gasteiger partial charge in [-0.05, 0) is 54.8 Å². The molecule has 1 saturated heterocycles. The number of amides is 2. The van der Waals surface area contributed by atoms with Crippen molar-refractivity contribution in [3.05, 3.63) is 101 Å². The van der Waals surface area contributed by atoms with Gasteiger partial charge in [-0.15, -0.1) is 0 Å². The van der Waals surface area contributed by atoms with E-state index in [1.54, 1.807) is 35.4 Å². The van der Waals surface area contributed by atoms with Crippen molar-refractivity contribution in [2.24, 2.45) is 5.92 Å². The van der Waals surface area contributed by atoms with Gasteiger partial charge >= 0.3 is 0 Å². The van der Waals surface area contributed by atoms with Crippen LogP contribution in [0, 0.1) is 5.92 Å². The molecule has 1 aromatic heterocycles. The summed E-state index contributed by atoms with van der Waals surface area (Å²) >= 11 is 5.93. The van der Waals surface area contributed by atoms with Crippen molar-refractivity contribution in [2.45, 2.75) is 18.9 Å². The number of hydrogen-bond acceptors (Lipinski definition) is 3. The number of hydrogen-bond donors (Lipinski definition) is 0. The van der Waals surface area contributed by atoms with E-state index in [1.807, 2.05) is 60.5 Å². The number of halogens is 1. The summed E-state index contributed by atoms with van der Waals surface area (Å²) in [7, 11) is 1.85. The summed E-state index contributed by atoms with van der Waals surface area (Å²) in [5, 5.41) is 0.606. The van der Waals surface area contributed by atoms with Crippen LogP contribution in [-0.2, 0) is 4.79 Å². The largest absolute Gasteiger partial charge is 0.339 e. The van der Waals surface area contributed by atoms with Crippen molar-refractivity contribution in [3.63, 3.8) is 0 Å². The van der Waals surface area contributed by atoms with Gasteiger partial charge in [0, 0.05) is 42.8 Å². The van der Waals surface area contributed by atoms with E-state index >= 15 is 0 Å². The zero-order chi connectivity index (χ0) is 22.5. The highest BCUT2D eigenvalue weighted by molar-refractivity contribution is 6.30. The molecule has 2 aromatic carbocycles. The molecule has 0 radical (unpaired) electrons. The number of likely N-dealkylation sites (tertiary alicyclic amines) is 1. The molecule has 0 unspecified atom stereocenters. The summed E-state index contributed by atoms with van der Waals surface area (Å²) in [4.78, 5) is 34.4.